The van der Waals surface area contributed by atoms with Crippen LogP contribution in [0.2, 0.25) is 0 Å². The minimum absolute atomic E-state index is 0.0613. The smallest absolute Gasteiger partial charge is 0.0695 e. The van der Waals surface area contributed by atoms with E-state index in [-0.39, 0.29) is 6.10 Å². The number of nitrogens with zero attached hydrogens (tertiary/aromatic N) is 1. The molecule has 0 bridgehead atoms. The molecule has 2 nitrogen and oxygen atoms in total. The third-order valence-corrected chi connectivity index (χ3v) is 5.05. The quantitative estimate of drug-likeness (QED) is 0.757. The normalized spacial score (nSPS) is 32.8. The summed E-state index contributed by atoms with van der Waals surface area (Å²) in [4.78, 5) is 2.58. The van der Waals surface area contributed by atoms with Gasteiger partial charge < -0.3 is 5.11 Å². The second-order valence-electron chi connectivity index (χ2n) is 6.68. The van der Waals surface area contributed by atoms with Crippen molar-refractivity contribution in [1.82, 2.24) is 4.90 Å². The number of likely N-dealkylation sites (tertiary alicyclic amines) is 1. The van der Waals surface area contributed by atoms with Gasteiger partial charge in [0.1, 0.15) is 0 Å². The molecule has 18 heavy (non-hydrogen) atoms. The molecule has 0 amide bonds. The molecule has 1 aliphatic heterocycles. The lowest BCUT2D eigenvalue weighted by atomic mass is 9.71. The summed E-state index contributed by atoms with van der Waals surface area (Å²) < 4.78 is 0. The van der Waals surface area contributed by atoms with Crippen molar-refractivity contribution >= 4 is 0 Å². The highest BCUT2D eigenvalue weighted by molar-refractivity contribution is 4.98. The molecule has 0 aromatic heterocycles. The van der Waals surface area contributed by atoms with E-state index in [9.17, 15) is 5.11 Å². The average Bonchev–Trinajstić information content (AvgIpc) is 2.50. The molecule has 0 aromatic carbocycles. The summed E-state index contributed by atoms with van der Waals surface area (Å²) in [5.41, 5.74) is 0.593. The summed E-state index contributed by atoms with van der Waals surface area (Å²) in [5.74, 6) is 0. The van der Waals surface area contributed by atoms with Crippen molar-refractivity contribution in [2.45, 2.75) is 83.8 Å². The first-order valence-electron chi connectivity index (χ1n) is 8.13. The topological polar surface area (TPSA) is 23.5 Å². The minimum Gasteiger partial charge on any atom is -0.391 e. The van der Waals surface area contributed by atoms with E-state index >= 15 is 0 Å². The van der Waals surface area contributed by atoms with Crippen LogP contribution in [0.5, 0.6) is 0 Å². The van der Waals surface area contributed by atoms with E-state index in [0.717, 1.165) is 6.42 Å². The molecule has 1 saturated carbocycles. The van der Waals surface area contributed by atoms with Crippen LogP contribution in [-0.2, 0) is 0 Å². The lowest BCUT2D eigenvalue weighted by Gasteiger charge is -2.54. The van der Waals surface area contributed by atoms with Gasteiger partial charge in [-0.25, -0.2) is 0 Å². The van der Waals surface area contributed by atoms with Crippen LogP contribution >= 0.6 is 0 Å². The fourth-order valence-electron chi connectivity index (χ4n) is 4.25. The van der Waals surface area contributed by atoms with Gasteiger partial charge in [0.05, 0.1) is 6.10 Å². The average molecular weight is 253 g/mol. The summed E-state index contributed by atoms with van der Waals surface area (Å²) in [5, 5.41) is 10.3. The van der Waals surface area contributed by atoms with Crippen LogP contribution < -0.4 is 0 Å². The second kappa shape index (κ2) is 6.38. The van der Waals surface area contributed by atoms with Crippen molar-refractivity contribution in [2.24, 2.45) is 5.41 Å². The summed E-state index contributed by atoms with van der Waals surface area (Å²) in [6.07, 6.45) is 11.4. The largest absolute Gasteiger partial charge is 0.391 e. The third kappa shape index (κ3) is 3.08. The Bertz CT molecular complexity index is 239. The summed E-state index contributed by atoms with van der Waals surface area (Å²) in [6, 6.07) is 0.467. The molecule has 2 aliphatic rings. The highest BCUT2D eigenvalue weighted by Gasteiger charge is 2.45. The van der Waals surface area contributed by atoms with E-state index in [4.69, 9.17) is 0 Å². The Hall–Kier alpha value is -0.0800. The maximum atomic E-state index is 10.3. The van der Waals surface area contributed by atoms with Crippen molar-refractivity contribution in [3.8, 4) is 0 Å². The van der Waals surface area contributed by atoms with Crippen molar-refractivity contribution in [3.05, 3.63) is 0 Å². The Kier molecular flexibility index (Phi) is 5.08. The van der Waals surface area contributed by atoms with Crippen LogP contribution in [0, 0.1) is 5.41 Å². The monoisotopic (exact) mass is 253 g/mol. The van der Waals surface area contributed by atoms with E-state index in [0.29, 0.717) is 11.5 Å². The third-order valence-electron chi connectivity index (χ3n) is 5.05. The molecule has 2 fully saturated rings. The van der Waals surface area contributed by atoms with Gasteiger partial charge in [-0.05, 0) is 31.1 Å². The lowest BCUT2D eigenvalue weighted by Crippen LogP contribution is -2.62. The van der Waals surface area contributed by atoms with Gasteiger partial charge in [0.15, 0.2) is 0 Å². The van der Waals surface area contributed by atoms with E-state index in [2.05, 4.69) is 18.7 Å². The first-order chi connectivity index (χ1) is 8.71. The van der Waals surface area contributed by atoms with Gasteiger partial charge in [-0.15, -0.1) is 0 Å². The van der Waals surface area contributed by atoms with Crippen LogP contribution in [-0.4, -0.2) is 35.2 Å². The Morgan fingerprint density at radius 1 is 1.00 bits per heavy atom. The maximum absolute atomic E-state index is 10.3. The van der Waals surface area contributed by atoms with Crippen LogP contribution in [0.3, 0.4) is 0 Å². The second-order valence-corrected chi connectivity index (χ2v) is 6.68. The Labute approximate surface area is 113 Å². The summed E-state index contributed by atoms with van der Waals surface area (Å²) >= 11 is 0. The van der Waals surface area contributed by atoms with Gasteiger partial charge in [0.2, 0.25) is 0 Å². The number of rotatable bonds is 5. The molecular weight excluding hydrogens is 222 g/mol. The van der Waals surface area contributed by atoms with Crippen LogP contribution in [0.15, 0.2) is 0 Å². The van der Waals surface area contributed by atoms with Crippen molar-refractivity contribution in [3.63, 3.8) is 0 Å². The number of aliphatic hydroxyl groups excluding tert-OH is 1. The van der Waals surface area contributed by atoms with Crippen molar-refractivity contribution < 1.29 is 5.11 Å². The molecule has 0 spiro atoms. The lowest BCUT2D eigenvalue weighted by molar-refractivity contribution is -0.0798. The Morgan fingerprint density at radius 3 is 2.22 bits per heavy atom. The maximum Gasteiger partial charge on any atom is 0.0695 e. The van der Waals surface area contributed by atoms with Crippen LogP contribution in [0.25, 0.3) is 0 Å². The van der Waals surface area contributed by atoms with E-state index in [1.165, 1.54) is 64.5 Å². The van der Waals surface area contributed by atoms with Gasteiger partial charge in [0.25, 0.3) is 0 Å². The number of hydrogen-bond acceptors (Lipinski definition) is 2. The SMILES string of the molecule is CCCC1(CCC)CN(C2CCCCCC2O)C1. The van der Waals surface area contributed by atoms with Gasteiger partial charge in [-0.1, -0.05) is 46.0 Å². The minimum atomic E-state index is -0.0613. The molecule has 0 radical (unpaired) electrons. The summed E-state index contributed by atoms with van der Waals surface area (Å²) in [6.45, 7) is 7.11. The molecule has 1 N–H and O–H groups in total. The molecule has 2 rings (SSSR count). The Balaban J connectivity index is 1.88. The van der Waals surface area contributed by atoms with E-state index in [1.807, 2.05) is 0 Å². The fraction of sp³-hybridized carbons (Fsp3) is 1.00. The molecular formula is C16H31NO. The molecule has 2 heteroatoms. The molecule has 1 heterocycles. The van der Waals surface area contributed by atoms with Gasteiger partial charge >= 0.3 is 0 Å². The van der Waals surface area contributed by atoms with E-state index < -0.39 is 0 Å². The van der Waals surface area contributed by atoms with Gasteiger partial charge in [0, 0.05) is 19.1 Å². The fourth-order valence-corrected chi connectivity index (χ4v) is 4.25. The molecule has 1 saturated heterocycles. The highest BCUT2D eigenvalue weighted by atomic mass is 16.3. The zero-order chi connectivity index (χ0) is 13.0. The molecule has 2 unspecified atom stereocenters. The zero-order valence-corrected chi connectivity index (χ0v) is 12.3. The number of hydrogen-bond donors (Lipinski definition) is 1. The molecule has 2 atom stereocenters. The predicted octanol–water partition coefficient (Wildman–Crippen LogP) is 3.58. The van der Waals surface area contributed by atoms with Gasteiger partial charge in [-0.3, -0.25) is 4.90 Å². The van der Waals surface area contributed by atoms with Crippen LogP contribution in [0.1, 0.15) is 71.6 Å². The molecule has 0 aromatic rings. The predicted molar refractivity (Wildman–Crippen MR) is 76.7 cm³/mol. The van der Waals surface area contributed by atoms with Gasteiger partial charge in [-0.2, -0.15) is 0 Å². The molecule has 1 aliphatic carbocycles. The zero-order valence-electron chi connectivity index (χ0n) is 12.3. The molecule has 106 valence electrons. The Morgan fingerprint density at radius 2 is 1.61 bits per heavy atom. The highest BCUT2D eigenvalue weighted by Crippen LogP contribution is 2.42. The van der Waals surface area contributed by atoms with Crippen LogP contribution in [0.4, 0.5) is 0 Å². The first kappa shape index (κ1) is 14.3. The number of aliphatic hydroxyl groups is 1. The van der Waals surface area contributed by atoms with Crippen molar-refractivity contribution in [1.29, 1.82) is 0 Å². The van der Waals surface area contributed by atoms with Crippen molar-refractivity contribution in [2.75, 3.05) is 13.1 Å². The first-order valence-corrected chi connectivity index (χ1v) is 8.13. The standard InChI is InChI=1S/C16H31NO/c1-3-10-16(11-4-2)12-17(13-16)14-8-6-5-7-9-15(14)18/h14-15,18H,3-13H2,1-2H3. The summed E-state index contributed by atoms with van der Waals surface area (Å²) in [7, 11) is 0. The van der Waals surface area contributed by atoms with E-state index in [1.54, 1.807) is 0 Å².